The summed E-state index contributed by atoms with van der Waals surface area (Å²) >= 11 is 0. The lowest BCUT2D eigenvalue weighted by molar-refractivity contribution is -0.384. The number of anilines is 2. The van der Waals surface area contributed by atoms with E-state index in [0.717, 1.165) is 75.5 Å². The summed E-state index contributed by atoms with van der Waals surface area (Å²) in [5.41, 5.74) is 3.41. The molecule has 2 saturated carbocycles. The van der Waals surface area contributed by atoms with Crippen molar-refractivity contribution in [3.63, 3.8) is 0 Å². The van der Waals surface area contributed by atoms with E-state index in [1.807, 2.05) is 19.1 Å². The average molecular weight is 1050 g/mol. The number of pyridine rings is 1. The van der Waals surface area contributed by atoms with Crippen LogP contribution in [0.15, 0.2) is 77.8 Å². The van der Waals surface area contributed by atoms with Gasteiger partial charge in [0.15, 0.2) is 17.2 Å². The number of amides is 1. The number of nitrogens with one attached hydrogen (secondary N) is 3. The number of benzene rings is 3. The minimum absolute atomic E-state index is 0.00215. The number of likely N-dealkylation sites (N-methyl/N-ethyl adjacent to an activating group) is 1. The Labute approximate surface area is 439 Å². The number of nitrogens with zero attached hydrogens (tertiary/aromatic N) is 5. The second kappa shape index (κ2) is 20.5. The summed E-state index contributed by atoms with van der Waals surface area (Å²) in [7, 11) is -4.72. The van der Waals surface area contributed by atoms with Gasteiger partial charge in [-0.1, -0.05) is 45.0 Å². The molecule has 11 rings (SSSR count). The predicted molar refractivity (Wildman–Crippen MR) is 288 cm³/mol. The molecule has 75 heavy (non-hydrogen) atoms. The Bertz CT molecular complexity index is 3040. The van der Waals surface area contributed by atoms with Gasteiger partial charge in [0, 0.05) is 66.7 Å². The van der Waals surface area contributed by atoms with E-state index in [4.69, 9.17) is 19.2 Å². The van der Waals surface area contributed by atoms with E-state index in [1.165, 1.54) is 42.9 Å². The number of H-pyrrole nitrogens is 1. The molecule has 0 unspecified atom stereocenters. The summed E-state index contributed by atoms with van der Waals surface area (Å²) < 4.78 is 49.9. The van der Waals surface area contributed by atoms with Crippen LogP contribution in [0.25, 0.3) is 11.0 Å². The number of aliphatic hydroxyl groups is 1. The van der Waals surface area contributed by atoms with Gasteiger partial charge in [0.25, 0.3) is 27.5 Å². The fourth-order valence-corrected chi connectivity index (χ4v) is 14.3. The molecule has 4 aliphatic heterocycles. The molecule has 18 heteroatoms. The van der Waals surface area contributed by atoms with Crippen molar-refractivity contribution in [2.24, 2.45) is 11.3 Å². The molecule has 2 aromatic heterocycles. The lowest BCUT2D eigenvalue weighted by Gasteiger charge is -2.56. The molecule has 400 valence electrons. The van der Waals surface area contributed by atoms with Gasteiger partial charge in [0.1, 0.15) is 24.6 Å². The van der Waals surface area contributed by atoms with E-state index in [9.17, 15) is 28.4 Å². The van der Waals surface area contributed by atoms with Crippen molar-refractivity contribution in [1.82, 2.24) is 24.5 Å². The summed E-state index contributed by atoms with van der Waals surface area (Å²) in [5, 5.41) is 27.1. The summed E-state index contributed by atoms with van der Waals surface area (Å²) in [6.45, 7) is 13.7. The SMILES string of the molecule is CCN1CCC[C@H]1COc1nc2[nH]ccc2cc1Oc1cc(N2CCC3(CC2)CC(N2CCC[C@H]2c2ccccc2C(C)C)C3)ccc1C(=O)NS(=O)(=O)c1cc2c(c([N+](=O)[O-])c1)N[C@@H]([C@H]1CC[C@](C)(O)CC1)CO2. The first kappa shape index (κ1) is 51.2. The lowest BCUT2D eigenvalue weighted by atomic mass is 9.59. The second-order valence-corrected chi connectivity index (χ2v) is 24.5. The maximum atomic E-state index is 14.5. The Kier molecular flexibility index (Phi) is 14.0. The monoisotopic (exact) mass is 1040 g/mol. The van der Waals surface area contributed by atoms with Gasteiger partial charge in [0.05, 0.1) is 27.0 Å². The van der Waals surface area contributed by atoms with Gasteiger partial charge in [-0.15, -0.1) is 0 Å². The zero-order valence-electron chi connectivity index (χ0n) is 43.7. The predicted octanol–water partition coefficient (Wildman–Crippen LogP) is 10.1. The maximum absolute atomic E-state index is 14.5. The van der Waals surface area contributed by atoms with Gasteiger partial charge < -0.3 is 34.5 Å². The van der Waals surface area contributed by atoms with Gasteiger partial charge in [-0.2, -0.15) is 4.98 Å². The molecular weight excluding hydrogens is 973 g/mol. The molecule has 0 bridgehead atoms. The number of piperidine rings is 1. The first-order chi connectivity index (χ1) is 36.1. The number of rotatable bonds is 15. The van der Waals surface area contributed by atoms with Crippen molar-refractivity contribution in [1.29, 1.82) is 0 Å². The number of nitro benzene ring substituents is 1. The molecule has 3 saturated heterocycles. The fraction of sp³-hybridized carbons (Fsp3) is 0.544. The third-order valence-electron chi connectivity index (χ3n) is 17.7. The highest BCUT2D eigenvalue weighted by Gasteiger charge is 2.50. The van der Waals surface area contributed by atoms with Crippen LogP contribution in [-0.2, 0) is 10.0 Å². The van der Waals surface area contributed by atoms with Crippen LogP contribution in [0.5, 0.6) is 23.1 Å². The van der Waals surface area contributed by atoms with Crippen LogP contribution in [0.4, 0.5) is 17.1 Å². The first-order valence-corrected chi connectivity index (χ1v) is 28.8. The maximum Gasteiger partial charge on any atom is 0.297 e. The van der Waals surface area contributed by atoms with Crippen molar-refractivity contribution in [2.75, 3.05) is 56.2 Å². The smallest absolute Gasteiger partial charge is 0.297 e. The number of likely N-dealkylation sites (tertiary alicyclic amines) is 2. The molecule has 5 fully saturated rings. The van der Waals surface area contributed by atoms with Crippen molar-refractivity contribution in [3.8, 4) is 23.1 Å². The third-order valence-corrected chi connectivity index (χ3v) is 19.0. The van der Waals surface area contributed by atoms with E-state index in [2.05, 4.69) is 74.8 Å². The van der Waals surface area contributed by atoms with Gasteiger partial charge in [0.2, 0.25) is 0 Å². The standard InChI is InChI=1S/C57H72N8O9S/c1-5-62-24-8-10-40(62)34-73-55-51(28-38-18-23-58-53(38)60-55)74-49-29-39(63-26-21-57(22-27-63)32-41(33-57)64-25-9-13-47(64)44-12-7-6-11-43(44)36(2)3)14-15-45(49)54(66)61-75(70,71)42-30-48(65(68)69)52-50(31-42)72-35-46(59-52)37-16-19-56(4,67)20-17-37/h6-7,11-12,14-15,18,23,28-31,36-37,40-41,46-47,59,67H,5,8-10,13,16-17,19-22,24-27,32-35H2,1-4H3,(H,58,60)(H,61,66)/t37-,40-,46+,47-,56-/m0/s1. The van der Waals surface area contributed by atoms with Crippen LogP contribution in [-0.4, -0.2) is 114 Å². The summed E-state index contributed by atoms with van der Waals surface area (Å²) in [4.78, 5) is 41.4. The second-order valence-electron chi connectivity index (χ2n) is 22.9. The van der Waals surface area contributed by atoms with E-state index in [0.29, 0.717) is 55.9 Å². The summed E-state index contributed by atoms with van der Waals surface area (Å²) in [6, 6.07) is 21.0. The number of fused-ring (bicyclic) bond motifs is 2. The molecule has 6 heterocycles. The number of sulfonamides is 1. The zero-order valence-corrected chi connectivity index (χ0v) is 44.5. The molecule has 17 nitrogen and oxygen atoms in total. The van der Waals surface area contributed by atoms with Crippen LogP contribution in [0.3, 0.4) is 0 Å². The molecule has 6 aliphatic rings. The highest BCUT2D eigenvalue weighted by Crippen LogP contribution is 2.55. The van der Waals surface area contributed by atoms with Crippen LogP contribution in [0.1, 0.15) is 138 Å². The highest BCUT2D eigenvalue weighted by molar-refractivity contribution is 7.90. The molecular formula is C57H72N8O9S. The Morgan fingerprint density at radius 1 is 0.973 bits per heavy atom. The number of carbonyl (C=O) groups is 1. The van der Waals surface area contributed by atoms with Gasteiger partial charge >= 0.3 is 0 Å². The van der Waals surface area contributed by atoms with Crippen LogP contribution in [0, 0.1) is 21.4 Å². The van der Waals surface area contributed by atoms with Crippen molar-refractivity contribution < 1.29 is 37.5 Å². The Balaban J connectivity index is 0.847. The quantitative estimate of drug-likeness (QED) is 0.0569. The molecule has 2 aliphatic carbocycles. The number of ether oxygens (including phenoxy) is 3. The Morgan fingerprint density at radius 3 is 2.51 bits per heavy atom. The zero-order chi connectivity index (χ0) is 52.2. The van der Waals surface area contributed by atoms with Gasteiger partial charge in [-0.3, -0.25) is 24.7 Å². The number of aromatic nitrogens is 2. The average Bonchev–Trinajstić information content (AvgIpc) is 4.19. The lowest BCUT2D eigenvalue weighted by Crippen LogP contribution is -2.54. The Morgan fingerprint density at radius 2 is 1.75 bits per heavy atom. The number of carbonyl (C=O) groups excluding carboxylic acids is 1. The number of hydrogen-bond donors (Lipinski definition) is 4. The number of nitro groups is 1. The van der Waals surface area contributed by atoms with Crippen molar-refractivity contribution in [2.45, 2.75) is 145 Å². The van der Waals surface area contributed by atoms with Crippen molar-refractivity contribution >= 4 is 44.0 Å². The molecule has 3 atom stereocenters. The molecule has 5 aromatic rings. The van der Waals surface area contributed by atoms with E-state index < -0.39 is 37.0 Å². The van der Waals surface area contributed by atoms with Crippen LogP contribution in [0.2, 0.25) is 0 Å². The number of hydrogen-bond acceptors (Lipinski definition) is 14. The molecule has 3 aromatic carbocycles. The highest BCUT2D eigenvalue weighted by atomic mass is 32.2. The van der Waals surface area contributed by atoms with E-state index in [-0.39, 0.29) is 64.4 Å². The number of aromatic amines is 1. The minimum Gasteiger partial charge on any atom is -0.489 e. The molecule has 1 spiro atoms. The summed E-state index contributed by atoms with van der Waals surface area (Å²) in [6.07, 6.45) is 13.3. The first-order valence-electron chi connectivity index (χ1n) is 27.3. The molecule has 0 radical (unpaired) electrons. The minimum atomic E-state index is -4.72. The largest absolute Gasteiger partial charge is 0.489 e. The molecule has 1 amide bonds. The van der Waals surface area contributed by atoms with Gasteiger partial charge in [-0.05, 0) is 156 Å². The normalized spacial score (nSPS) is 25.2. The van der Waals surface area contributed by atoms with Crippen molar-refractivity contribution in [3.05, 3.63) is 99.7 Å². The fourth-order valence-electron chi connectivity index (χ4n) is 13.3. The Hall–Kier alpha value is -5.95. The topological polar surface area (TPSA) is 205 Å². The third kappa shape index (κ3) is 10.4. The van der Waals surface area contributed by atoms with Gasteiger partial charge in [-0.25, -0.2) is 13.1 Å². The summed E-state index contributed by atoms with van der Waals surface area (Å²) in [5.74, 6) is 0.185. The molecule has 4 N–H and O–H groups in total. The van der Waals surface area contributed by atoms with Crippen LogP contribution >= 0.6 is 0 Å². The van der Waals surface area contributed by atoms with Crippen LogP contribution < -0.4 is 29.1 Å². The van der Waals surface area contributed by atoms with E-state index >= 15 is 0 Å². The van der Waals surface area contributed by atoms with E-state index in [1.54, 1.807) is 24.4 Å².